The van der Waals surface area contributed by atoms with Crippen molar-refractivity contribution in [2.45, 2.75) is 13.3 Å². The molecule has 3 nitrogen and oxygen atoms in total. The lowest BCUT2D eigenvalue weighted by Gasteiger charge is -2.10. The Kier molecular flexibility index (Phi) is 3.88. The lowest BCUT2D eigenvalue weighted by molar-refractivity contribution is -0.274. The molecule has 0 saturated heterocycles. The number of carbonyl (C=O) groups is 1. The summed E-state index contributed by atoms with van der Waals surface area (Å²) in [6, 6.07) is 9.67. The van der Waals surface area contributed by atoms with E-state index >= 15 is 0 Å². The maximum atomic E-state index is 12.2. The summed E-state index contributed by atoms with van der Waals surface area (Å²) in [5, 5.41) is 0. The van der Waals surface area contributed by atoms with Crippen molar-refractivity contribution in [3.8, 4) is 5.75 Å². The summed E-state index contributed by atoms with van der Waals surface area (Å²) < 4.78 is 40.3. The third-order valence-electron chi connectivity index (χ3n) is 2.87. The molecule has 0 aliphatic rings. The molecule has 0 bridgehead atoms. The number of ether oxygens (including phenoxy) is 1. The Bertz CT molecular complexity index is 681. The molecule has 0 heterocycles. The second-order valence-electron chi connectivity index (χ2n) is 4.48. The van der Waals surface area contributed by atoms with Gasteiger partial charge in [-0.3, -0.25) is 4.79 Å². The van der Waals surface area contributed by atoms with Gasteiger partial charge in [0.2, 0.25) is 0 Å². The van der Waals surface area contributed by atoms with E-state index in [2.05, 4.69) is 4.74 Å². The first-order valence-electron chi connectivity index (χ1n) is 6.03. The molecule has 2 N–H and O–H groups in total. The highest BCUT2D eigenvalue weighted by Gasteiger charge is 2.31. The van der Waals surface area contributed by atoms with Crippen molar-refractivity contribution in [1.29, 1.82) is 0 Å². The van der Waals surface area contributed by atoms with Crippen molar-refractivity contribution in [3.63, 3.8) is 0 Å². The van der Waals surface area contributed by atoms with E-state index in [-0.39, 0.29) is 5.56 Å². The van der Waals surface area contributed by atoms with Crippen LogP contribution in [0.5, 0.6) is 5.75 Å². The van der Waals surface area contributed by atoms with Crippen molar-refractivity contribution < 1.29 is 22.7 Å². The number of aryl methyl sites for hydroxylation is 1. The number of nitrogen functional groups attached to an aromatic ring is 1. The third-order valence-corrected chi connectivity index (χ3v) is 2.87. The first-order chi connectivity index (χ1) is 9.76. The maximum Gasteiger partial charge on any atom is 0.573 e. The summed E-state index contributed by atoms with van der Waals surface area (Å²) in [4.78, 5) is 12.2. The summed E-state index contributed by atoms with van der Waals surface area (Å²) in [6.45, 7) is 1.79. The van der Waals surface area contributed by atoms with Crippen LogP contribution in [0, 0.1) is 6.92 Å². The molecule has 0 atom stereocenters. The number of carbonyl (C=O) groups excluding carboxylic acids is 1. The molecule has 0 unspecified atom stereocenters. The van der Waals surface area contributed by atoms with Crippen LogP contribution in [0.1, 0.15) is 21.5 Å². The average Bonchev–Trinajstić information content (AvgIpc) is 2.39. The van der Waals surface area contributed by atoms with Gasteiger partial charge in [-0.15, -0.1) is 13.2 Å². The lowest BCUT2D eigenvalue weighted by Crippen LogP contribution is -2.17. The number of ketones is 1. The molecule has 0 aliphatic carbocycles. The number of nitrogens with two attached hydrogens (primary N) is 1. The van der Waals surface area contributed by atoms with E-state index in [1.165, 1.54) is 18.2 Å². The fourth-order valence-corrected chi connectivity index (χ4v) is 1.78. The van der Waals surface area contributed by atoms with E-state index in [1.54, 1.807) is 19.1 Å². The molecule has 0 amide bonds. The molecule has 0 saturated carbocycles. The number of hydrogen-bond acceptors (Lipinski definition) is 3. The van der Waals surface area contributed by atoms with Crippen LogP contribution in [0.15, 0.2) is 42.5 Å². The fraction of sp³-hybridized carbons (Fsp3) is 0.133. The van der Waals surface area contributed by atoms with Crippen LogP contribution >= 0.6 is 0 Å². The van der Waals surface area contributed by atoms with Gasteiger partial charge in [0.05, 0.1) is 0 Å². The zero-order valence-electron chi connectivity index (χ0n) is 11.1. The van der Waals surface area contributed by atoms with Crippen molar-refractivity contribution in [1.82, 2.24) is 0 Å². The van der Waals surface area contributed by atoms with Gasteiger partial charge in [0.1, 0.15) is 5.75 Å². The van der Waals surface area contributed by atoms with Crippen molar-refractivity contribution >= 4 is 11.5 Å². The van der Waals surface area contributed by atoms with Gasteiger partial charge in [0, 0.05) is 16.8 Å². The summed E-state index contributed by atoms with van der Waals surface area (Å²) in [5.41, 5.74) is 7.40. The van der Waals surface area contributed by atoms with Crippen molar-refractivity contribution in [3.05, 3.63) is 59.2 Å². The minimum Gasteiger partial charge on any atom is -0.406 e. The van der Waals surface area contributed by atoms with Gasteiger partial charge >= 0.3 is 6.36 Å². The van der Waals surface area contributed by atoms with Crippen LogP contribution in [0.25, 0.3) is 0 Å². The molecule has 0 fully saturated rings. The SMILES string of the molecule is Cc1ccc(C(=O)c2cccc(OC(F)(F)F)c2)cc1N. The van der Waals surface area contributed by atoms with Gasteiger partial charge in [0.25, 0.3) is 0 Å². The third kappa shape index (κ3) is 3.75. The Morgan fingerprint density at radius 2 is 1.76 bits per heavy atom. The predicted octanol–water partition coefficient (Wildman–Crippen LogP) is 3.71. The highest BCUT2D eigenvalue weighted by molar-refractivity contribution is 6.09. The quantitative estimate of drug-likeness (QED) is 0.693. The van der Waals surface area contributed by atoms with E-state index in [1.807, 2.05) is 0 Å². The zero-order chi connectivity index (χ0) is 15.6. The molecule has 0 aliphatic heterocycles. The highest BCUT2D eigenvalue weighted by Crippen LogP contribution is 2.24. The van der Waals surface area contributed by atoms with Crippen LogP contribution in [0.2, 0.25) is 0 Å². The van der Waals surface area contributed by atoms with Crippen LogP contribution < -0.4 is 10.5 Å². The van der Waals surface area contributed by atoms with E-state index in [0.29, 0.717) is 11.3 Å². The monoisotopic (exact) mass is 295 g/mol. The Morgan fingerprint density at radius 1 is 1.10 bits per heavy atom. The summed E-state index contributed by atoms with van der Waals surface area (Å²) in [5.74, 6) is -0.859. The van der Waals surface area contributed by atoms with Crippen LogP contribution in [0.3, 0.4) is 0 Å². The van der Waals surface area contributed by atoms with Crippen molar-refractivity contribution in [2.75, 3.05) is 5.73 Å². The van der Waals surface area contributed by atoms with E-state index in [9.17, 15) is 18.0 Å². The molecular weight excluding hydrogens is 283 g/mol. The molecule has 110 valence electrons. The molecule has 21 heavy (non-hydrogen) atoms. The number of benzene rings is 2. The van der Waals surface area contributed by atoms with E-state index in [4.69, 9.17) is 5.73 Å². The minimum absolute atomic E-state index is 0.0972. The van der Waals surface area contributed by atoms with Gasteiger partial charge in [0.15, 0.2) is 5.78 Å². The summed E-state index contributed by atoms with van der Waals surface area (Å²) in [7, 11) is 0. The molecular formula is C15H12F3NO2. The zero-order valence-corrected chi connectivity index (χ0v) is 11.1. The smallest absolute Gasteiger partial charge is 0.406 e. The van der Waals surface area contributed by atoms with E-state index < -0.39 is 17.9 Å². The Morgan fingerprint density at radius 3 is 2.38 bits per heavy atom. The van der Waals surface area contributed by atoms with Gasteiger partial charge in [-0.2, -0.15) is 0 Å². The van der Waals surface area contributed by atoms with Crippen LogP contribution in [-0.4, -0.2) is 12.1 Å². The van der Waals surface area contributed by atoms with Gasteiger partial charge in [-0.05, 0) is 30.7 Å². The minimum atomic E-state index is -4.80. The van der Waals surface area contributed by atoms with Gasteiger partial charge in [-0.1, -0.05) is 24.3 Å². The molecule has 6 heteroatoms. The number of rotatable bonds is 3. The van der Waals surface area contributed by atoms with Crippen LogP contribution in [0.4, 0.5) is 18.9 Å². The Balaban J connectivity index is 2.31. The largest absolute Gasteiger partial charge is 0.573 e. The number of alkyl halides is 3. The highest BCUT2D eigenvalue weighted by atomic mass is 19.4. The topological polar surface area (TPSA) is 52.3 Å². The number of hydrogen-bond donors (Lipinski definition) is 1. The second kappa shape index (κ2) is 5.47. The predicted molar refractivity (Wildman–Crippen MR) is 72.1 cm³/mol. The molecule has 0 spiro atoms. The standard InChI is InChI=1S/C15H12F3NO2/c1-9-5-6-11(8-13(9)19)14(20)10-3-2-4-12(7-10)21-15(16,17)18/h2-8H,19H2,1H3. The first kappa shape index (κ1) is 14.9. The molecule has 0 radical (unpaired) electrons. The van der Waals surface area contributed by atoms with Gasteiger partial charge in [-0.25, -0.2) is 0 Å². The average molecular weight is 295 g/mol. The molecule has 2 aromatic rings. The fourth-order valence-electron chi connectivity index (χ4n) is 1.78. The summed E-state index contributed by atoms with van der Waals surface area (Å²) >= 11 is 0. The molecule has 2 aromatic carbocycles. The number of anilines is 1. The normalized spacial score (nSPS) is 11.2. The number of halogens is 3. The van der Waals surface area contributed by atoms with Crippen LogP contribution in [-0.2, 0) is 0 Å². The molecule has 0 aromatic heterocycles. The maximum absolute atomic E-state index is 12.2. The van der Waals surface area contributed by atoms with E-state index in [0.717, 1.165) is 17.7 Å². The first-order valence-corrected chi connectivity index (χ1v) is 6.03. The van der Waals surface area contributed by atoms with Crippen molar-refractivity contribution in [2.24, 2.45) is 0 Å². The van der Waals surface area contributed by atoms with Gasteiger partial charge < -0.3 is 10.5 Å². The second-order valence-corrected chi connectivity index (χ2v) is 4.48. The lowest BCUT2D eigenvalue weighted by atomic mass is 10.0. The molecule has 2 rings (SSSR count). The Labute approximate surface area is 119 Å². The Hall–Kier alpha value is -2.50. The summed E-state index contributed by atoms with van der Waals surface area (Å²) in [6.07, 6.45) is -4.80.